The van der Waals surface area contributed by atoms with Crippen molar-refractivity contribution in [2.24, 2.45) is 0 Å². The smallest absolute Gasteiger partial charge is 0.256 e. The molecule has 0 saturated carbocycles. The van der Waals surface area contributed by atoms with Gasteiger partial charge < -0.3 is 14.8 Å². The molecule has 0 radical (unpaired) electrons. The first-order valence-electron chi connectivity index (χ1n) is 8.41. The molecule has 138 valence electrons. The van der Waals surface area contributed by atoms with Crippen LogP contribution in [0.2, 0.25) is 5.02 Å². The van der Waals surface area contributed by atoms with Crippen LogP contribution in [0.15, 0.2) is 36.5 Å². The number of aromatic nitrogens is 1. The summed E-state index contributed by atoms with van der Waals surface area (Å²) >= 11 is 6.12. The molecule has 0 aliphatic carbocycles. The van der Waals surface area contributed by atoms with E-state index in [0.29, 0.717) is 31.8 Å². The Balaban J connectivity index is 1.68. The molecule has 3 rings (SSSR count). The average molecular weight is 379 g/mol. The zero-order chi connectivity index (χ0) is 18.5. The monoisotopic (exact) mass is 378 g/mol. The van der Waals surface area contributed by atoms with Crippen molar-refractivity contribution in [1.82, 2.24) is 10.3 Å². The Morgan fingerprint density at radius 3 is 3.04 bits per heavy atom. The highest BCUT2D eigenvalue weighted by molar-refractivity contribution is 6.34. The summed E-state index contributed by atoms with van der Waals surface area (Å²) in [5, 5.41) is 2.97. The standard InChI is InChI=1S/C19H20ClFN2O3/c1-12-5-6-14(21)17(18(12)20)19(24)23-15-7-9-25-11-16(15)26-10-13-4-2-3-8-22-13/h2-6,8,15-16H,7,9-11H2,1H3,(H,23,24)/t15-,16-/m1/s1. The lowest BCUT2D eigenvalue weighted by Gasteiger charge is -2.32. The van der Waals surface area contributed by atoms with Crippen LogP contribution in [0.1, 0.15) is 28.0 Å². The van der Waals surface area contributed by atoms with Crippen molar-refractivity contribution in [2.45, 2.75) is 32.1 Å². The Morgan fingerprint density at radius 1 is 1.42 bits per heavy atom. The van der Waals surface area contributed by atoms with Gasteiger partial charge in [0.15, 0.2) is 0 Å². The predicted octanol–water partition coefficient (Wildman–Crippen LogP) is 3.29. The number of nitrogens with zero attached hydrogens (tertiary/aromatic N) is 1. The summed E-state index contributed by atoms with van der Waals surface area (Å²) < 4.78 is 25.4. The lowest BCUT2D eigenvalue weighted by Crippen LogP contribution is -2.50. The first-order chi connectivity index (χ1) is 12.6. The van der Waals surface area contributed by atoms with Crippen LogP contribution in [0.3, 0.4) is 0 Å². The van der Waals surface area contributed by atoms with Gasteiger partial charge in [-0.05, 0) is 37.1 Å². The predicted molar refractivity (Wildman–Crippen MR) is 95.7 cm³/mol. The molecule has 1 aliphatic heterocycles. The van der Waals surface area contributed by atoms with Gasteiger partial charge in [-0.15, -0.1) is 0 Å². The molecule has 0 spiro atoms. The number of ether oxygens (including phenoxy) is 2. The summed E-state index contributed by atoms with van der Waals surface area (Å²) in [4.78, 5) is 16.8. The number of pyridine rings is 1. The van der Waals surface area contributed by atoms with Crippen LogP contribution in [-0.2, 0) is 16.1 Å². The largest absolute Gasteiger partial charge is 0.379 e. The number of hydrogen-bond acceptors (Lipinski definition) is 4. The van der Waals surface area contributed by atoms with Crippen LogP contribution in [0.25, 0.3) is 0 Å². The van der Waals surface area contributed by atoms with Crippen LogP contribution in [0.4, 0.5) is 4.39 Å². The van der Waals surface area contributed by atoms with Gasteiger partial charge in [0, 0.05) is 12.8 Å². The fourth-order valence-corrected chi connectivity index (χ4v) is 3.06. The number of benzene rings is 1. The third kappa shape index (κ3) is 4.38. The van der Waals surface area contributed by atoms with Gasteiger partial charge in [-0.1, -0.05) is 23.7 Å². The van der Waals surface area contributed by atoms with E-state index in [9.17, 15) is 9.18 Å². The fraction of sp³-hybridized carbons (Fsp3) is 0.368. The van der Waals surface area contributed by atoms with E-state index in [2.05, 4.69) is 10.3 Å². The molecular formula is C19H20ClFN2O3. The maximum Gasteiger partial charge on any atom is 0.256 e. The molecule has 5 nitrogen and oxygen atoms in total. The van der Waals surface area contributed by atoms with Crippen LogP contribution in [0.5, 0.6) is 0 Å². The van der Waals surface area contributed by atoms with Gasteiger partial charge in [0.1, 0.15) is 11.9 Å². The molecule has 26 heavy (non-hydrogen) atoms. The van der Waals surface area contributed by atoms with Gasteiger partial charge in [-0.2, -0.15) is 0 Å². The van der Waals surface area contributed by atoms with Gasteiger partial charge in [0.25, 0.3) is 5.91 Å². The molecule has 2 aromatic rings. The maximum absolute atomic E-state index is 14.1. The summed E-state index contributed by atoms with van der Waals surface area (Å²) in [5.41, 5.74) is 1.30. The highest BCUT2D eigenvalue weighted by atomic mass is 35.5. The highest BCUT2D eigenvalue weighted by Crippen LogP contribution is 2.24. The van der Waals surface area contributed by atoms with Crippen molar-refractivity contribution in [2.75, 3.05) is 13.2 Å². The Hall–Kier alpha value is -2.02. The quantitative estimate of drug-likeness (QED) is 0.867. The third-order valence-corrected chi connectivity index (χ3v) is 4.79. The first kappa shape index (κ1) is 18.8. The molecule has 2 atom stereocenters. The molecule has 1 saturated heterocycles. The second-order valence-corrected chi connectivity index (χ2v) is 6.55. The Labute approximate surface area is 156 Å². The van der Waals surface area contributed by atoms with Crippen LogP contribution < -0.4 is 5.32 Å². The molecule has 0 unspecified atom stereocenters. The van der Waals surface area contributed by atoms with E-state index in [1.807, 2.05) is 18.2 Å². The Morgan fingerprint density at radius 2 is 2.27 bits per heavy atom. The molecule has 1 amide bonds. The number of carbonyl (C=O) groups is 1. The number of halogens is 2. The molecule has 7 heteroatoms. The summed E-state index contributed by atoms with van der Waals surface area (Å²) in [6.07, 6.45) is 1.92. The minimum Gasteiger partial charge on any atom is -0.379 e. The van der Waals surface area contributed by atoms with Crippen LogP contribution in [0, 0.1) is 12.7 Å². The lowest BCUT2D eigenvalue weighted by atomic mass is 10.0. The van der Waals surface area contributed by atoms with E-state index in [-0.39, 0.29) is 22.7 Å². The molecule has 1 fully saturated rings. The van der Waals surface area contributed by atoms with Crippen molar-refractivity contribution in [3.63, 3.8) is 0 Å². The lowest BCUT2D eigenvalue weighted by molar-refractivity contribution is -0.0743. The van der Waals surface area contributed by atoms with E-state index >= 15 is 0 Å². The second-order valence-electron chi connectivity index (χ2n) is 6.17. The Kier molecular flexibility index (Phi) is 6.19. The van der Waals surface area contributed by atoms with Gasteiger partial charge in [0.05, 0.1) is 35.5 Å². The van der Waals surface area contributed by atoms with Crippen molar-refractivity contribution >= 4 is 17.5 Å². The van der Waals surface area contributed by atoms with E-state index in [4.69, 9.17) is 21.1 Å². The van der Waals surface area contributed by atoms with E-state index < -0.39 is 11.7 Å². The Bertz CT molecular complexity index is 773. The summed E-state index contributed by atoms with van der Waals surface area (Å²) in [5.74, 6) is -1.19. The van der Waals surface area contributed by atoms with Crippen molar-refractivity contribution < 1.29 is 18.7 Å². The maximum atomic E-state index is 14.1. The van der Waals surface area contributed by atoms with Gasteiger partial charge in [-0.3, -0.25) is 9.78 Å². The summed E-state index contributed by atoms with van der Waals surface area (Å²) in [6, 6.07) is 8.06. The molecule has 0 bridgehead atoms. The van der Waals surface area contributed by atoms with Gasteiger partial charge in [-0.25, -0.2) is 4.39 Å². The van der Waals surface area contributed by atoms with E-state index in [0.717, 1.165) is 5.69 Å². The minimum atomic E-state index is -0.642. The van der Waals surface area contributed by atoms with Crippen molar-refractivity contribution in [3.05, 3.63) is 64.2 Å². The number of carbonyl (C=O) groups excluding carboxylic acids is 1. The number of nitrogens with one attached hydrogen (secondary N) is 1. The number of rotatable bonds is 5. The van der Waals surface area contributed by atoms with Crippen molar-refractivity contribution in [1.29, 1.82) is 0 Å². The summed E-state index contributed by atoms with van der Waals surface area (Å²) in [7, 11) is 0. The third-order valence-electron chi connectivity index (χ3n) is 4.30. The minimum absolute atomic E-state index is 0.125. The molecule has 1 aromatic heterocycles. The second kappa shape index (κ2) is 8.58. The molecule has 1 aliphatic rings. The first-order valence-corrected chi connectivity index (χ1v) is 8.79. The van der Waals surface area contributed by atoms with Crippen molar-refractivity contribution in [3.8, 4) is 0 Å². The zero-order valence-electron chi connectivity index (χ0n) is 14.4. The molecule has 1 aromatic carbocycles. The van der Waals surface area contributed by atoms with Gasteiger partial charge in [0.2, 0.25) is 0 Å². The molecule has 1 N–H and O–H groups in total. The molecular weight excluding hydrogens is 359 g/mol. The van der Waals surface area contributed by atoms with Crippen LogP contribution >= 0.6 is 11.6 Å². The highest BCUT2D eigenvalue weighted by Gasteiger charge is 2.30. The normalized spacial score (nSPS) is 20.0. The zero-order valence-corrected chi connectivity index (χ0v) is 15.1. The molecule has 2 heterocycles. The number of hydrogen-bond donors (Lipinski definition) is 1. The van der Waals surface area contributed by atoms with E-state index in [1.54, 1.807) is 19.2 Å². The van der Waals surface area contributed by atoms with Gasteiger partial charge >= 0.3 is 0 Å². The fourth-order valence-electron chi connectivity index (χ4n) is 2.82. The topological polar surface area (TPSA) is 60.5 Å². The summed E-state index contributed by atoms with van der Waals surface area (Å²) in [6.45, 7) is 2.88. The van der Waals surface area contributed by atoms with Crippen LogP contribution in [-0.4, -0.2) is 36.3 Å². The van der Waals surface area contributed by atoms with E-state index in [1.165, 1.54) is 6.07 Å². The number of aryl methyl sites for hydroxylation is 1. The SMILES string of the molecule is Cc1ccc(F)c(C(=O)N[C@@H]2CCOC[C@H]2OCc2ccccn2)c1Cl. The number of amides is 1. The average Bonchev–Trinajstić information content (AvgIpc) is 2.65.